The zero-order chi connectivity index (χ0) is 12.4. The molecule has 1 saturated heterocycles. The van der Waals surface area contributed by atoms with Crippen LogP contribution in [-0.4, -0.2) is 32.7 Å². The number of likely N-dealkylation sites (tertiary alicyclic amines) is 1. The van der Waals surface area contributed by atoms with E-state index in [0.29, 0.717) is 13.1 Å². The predicted octanol–water partition coefficient (Wildman–Crippen LogP) is -1.70. The molecule has 1 heterocycles. The maximum absolute atomic E-state index is 13.6. The summed E-state index contributed by atoms with van der Waals surface area (Å²) in [6.45, 7) is 1.26. The quantitative estimate of drug-likeness (QED) is 0.479. The van der Waals surface area contributed by atoms with E-state index >= 15 is 0 Å². The molecule has 1 aliphatic heterocycles. The zero-order valence-corrected chi connectivity index (χ0v) is 12.8. The fourth-order valence-corrected chi connectivity index (χ4v) is 2.24. The fraction of sp³-hybridized carbons (Fsp3) is 0.364. The molecule has 1 atom stereocenters. The van der Waals surface area contributed by atoms with Gasteiger partial charge >= 0.3 is 29.6 Å². The van der Waals surface area contributed by atoms with Gasteiger partial charge in [-0.1, -0.05) is 0 Å². The van der Waals surface area contributed by atoms with Gasteiger partial charge in [-0.3, -0.25) is 9.00 Å². The summed E-state index contributed by atoms with van der Waals surface area (Å²) in [5.74, 6) is -1.16. The Morgan fingerprint density at radius 3 is 2.44 bits per heavy atom. The van der Waals surface area contributed by atoms with Crippen molar-refractivity contribution in [1.82, 2.24) is 4.90 Å². The van der Waals surface area contributed by atoms with Crippen molar-refractivity contribution in [3.63, 3.8) is 0 Å². The summed E-state index contributed by atoms with van der Waals surface area (Å²) in [4.78, 5) is 13.3. The van der Waals surface area contributed by atoms with Gasteiger partial charge in [0.25, 0.3) is 5.91 Å². The summed E-state index contributed by atoms with van der Waals surface area (Å²) in [6, 6.07) is 3.32. The van der Waals surface area contributed by atoms with E-state index in [9.17, 15) is 17.9 Å². The molecule has 18 heavy (non-hydrogen) atoms. The Morgan fingerprint density at radius 1 is 1.33 bits per heavy atom. The molecule has 4 nitrogen and oxygen atoms in total. The molecule has 0 radical (unpaired) electrons. The number of carbonyl (C=O) groups is 1. The first-order valence-electron chi connectivity index (χ1n) is 5.27. The van der Waals surface area contributed by atoms with E-state index in [1.54, 1.807) is 4.90 Å². The SMILES string of the molecule is O=C(c1ccc(S(=O)[O-])cc1F)N1CCCC1.[Na+]. The average Bonchev–Trinajstić information content (AvgIpc) is 2.81. The van der Waals surface area contributed by atoms with Crippen LogP contribution < -0.4 is 29.6 Å². The van der Waals surface area contributed by atoms with Gasteiger partial charge in [0.05, 0.1) is 5.56 Å². The Labute approximate surface area is 129 Å². The molecule has 2 rings (SSSR count). The summed E-state index contributed by atoms with van der Waals surface area (Å²) >= 11 is -2.48. The Bertz CT molecular complexity index is 477. The second-order valence-electron chi connectivity index (χ2n) is 3.88. The van der Waals surface area contributed by atoms with Crippen LogP contribution in [0.15, 0.2) is 23.1 Å². The first kappa shape index (κ1) is 15.8. The molecule has 0 saturated carbocycles. The predicted molar refractivity (Wildman–Crippen MR) is 58.7 cm³/mol. The Balaban J connectivity index is 0.00000162. The molecule has 1 unspecified atom stereocenters. The molecule has 0 N–H and O–H groups in total. The minimum absolute atomic E-state index is 0. The number of halogens is 1. The van der Waals surface area contributed by atoms with E-state index in [0.717, 1.165) is 18.9 Å². The van der Waals surface area contributed by atoms with Crippen molar-refractivity contribution in [3.8, 4) is 0 Å². The monoisotopic (exact) mass is 279 g/mol. The van der Waals surface area contributed by atoms with Crippen LogP contribution in [0.5, 0.6) is 0 Å². The molecule has 0 aromatic heterocycles. The number of carbonyl (C=O) groups excluding carboxylic acids is 1. The average molecular weight is 279 g/mol. The van der Waals surface area contributed by atoms with Gasteiger partial charge in [0.2, 0.25) is 0 Å². The second kappa shape index (κ2) is 6.77. The standard InChI is InChI=1S/C11H12FNO3S.Na/c12-10-7-8(17(15)16)3-4-9(10)11(14)13-5-1-2-6-13;/h3-4,7H,1-2,5-6H2,(H,15,16);/q;+1/p-1. The van der Waals surface area contributed by atoms with Crippen LogP contribution in [-0.2, 0) is 11.1 Å². The largest absolute Gasteiger partial charge is 1.00 e. The zero-order valence-electron chi connectivity index (χ0n) is 10.0. The van der Waals surface area contributed by atoms with E-state index in [1.807, 2.05) is 0 Å². The van der Waals surface area contributed by atoms with Crippen molar-refractivity contribution in [1.29, 1.82) is 0 Å². The Morgan fingerprint density at radius 2 is 1.94 bits per heavy atom. The van der Waals surface area contributed by atoms with Gasteiger partial charge < -0.3 is 9.45 Å². The summed E-state index contributed by atoms with van der Waals surface area (Å²) in [7, 11) is 0. The molecule has 1 fully saturated rings. The first-order valence-corrected chi connectivity index (χ1v) is 6.35. The Hall–Kier alpha value is -0.270. The van der Waals surface area contributed by atoms with Gasteiger partial charge in [-0.15, -0.1) is 0 Å². The second-order valence-corrected chi connectivity index (χ2v) is 4.82. The van der Waals surface area contributed by atoms with Crippen LogP contribution in [0, 0.1) is 5.82 Å². The number of nitrogens with zero attached hydrogens (tertiary/aromatic N) is 1. The molecular formula is C11H11FNNaO3S. The fourth-order valence-electron chi connectivity index (χ4n) is 1.86. The van der Waals surface area contributed by atoms with Gasteiger partial charge in [-0.25, -0.2) is 4.39 Å². The van der Waals surface area contributed by atoms with E-state index in [1.165, 1.54) is 12.1 Å². The van der Waals surface area contributed by atoms with E-state index in [4.69, 9.17) is 0 Å². The minimum atomic E-state index is -2.48. The smallest absolute Gasteiger partial charge is 0.768 e. The van der Waals surface area contributed by atoms with Gasteiger partial charge in [0.1, 0.15) is 5.82 Å². The number of rotatable bonds is 2. The van der Waals surface area contributed by atoms with Gasteiger partial charge in [-0.05, 0) is 42.1 Å². The van der Waals surface area contributed by atoms with Crippen molar-refractivity contribution >= 4 is 17.0 Å². The van der Waals surface area contributed by atoms with Crippen molar-refractivity contribution < 1.29 is 47.5 Å². The van der Waals surface area contributed by atoms with Gasteiger partial charge in [0, 0.05) is 18.0 Å². The first-order chi connectivity index (χ1) is 8.09. The number of hydrogen-bond donors (Lipinski definition) is 0. The van der Waals surface area contributed by atoms with Gasteiger partial charge in [0.15, 0.2) is 0 Å². The molecule has 1 aromatic carbocycles. The summed E-state index contributed by atoms with van der Waals surface area (Å²) in [5.41, 5.74) is -0.0684. The van der Waals surface area contributed by atoms with Crippen LogP contribution >= 0.6 is 0 Å². The third-order valence-electron chi connectivity index (χ3n) is 2.76. The topological polar surface area (TPSA) is 60.4 Å². The minimum Gasteiger partial charge on any atom is -0.768 e. The summed E-state index contributed by atoms with van der Waals surface area (Å²) in [6.07, 6.45) is 1.85. The maximum Gasteiger partial charge on any atom is 1.00 e. The maximum atomic E-state index is 13.6. The number of benzene rings is 1. The van der Waals surface area contributed by atoms with Crippen LogP contribution in [0.2, 0.25) is 0 Å². The van der Waals surface area contributed by atoms with E-state index in [2.05, 4.69) is 0 Å². The van der Waals surface area contributed by atoms with E-state index < -0.39 is 16.9 Å². The summed E-state index contributed by atoms with van der Waals surface area (Å²) in [5, 5.41) is 0. The van der Waals surface area contributed by atoms with E-state index in [-0.39, 0.29) is 45.9 Å². The molecule has 0 bridgehead atoms. The molecule has 1 aromatic rings. The van der Waals surface area contributed by atoms with Crippen molar-refractivity contribution in [2.75, 3.05) is 13.1 Å². The van der Waals surface area contributed by atoms with Crippen LogP contribution in [0.3, 0.4) is 0 Å². The molecule has 0 aliphatic carbocycles. The van der Waals surface area contributed by atoms with Crippen LogP contribution in [0.25, 0.3) is 0 Å². The third-order valence-corrected chi connectivity index (χ3v) is 3.40. The number of hydrogen-bond acceptors (Lipinski definition) is 3. The number of amides is 1. The van der Waals surface area contributed by atoms with Crippen molar-refractivity contribution in [3.05, 3.63) is 29.6 Å². The van der Waals surface area contributed by atoms with Crippen molar-refractivity contribution in [2.24, 2.45) is 0 Å². The molecule has 1 aliphatic rings. The molecule has 1 amide bonds. The molecule has 0 spiro atoms. The van der Waals surface area contributed by atoms with Crippen LogP contribution in [0.4, 0.5) is 4.39 Å². The Kier molecular flexibility index (Phi) is 5.94. The molecule has 7 heteroatoms. The van der Waals surface area contributed by atoms with Gasteiger partial charge in [-0.2, -0.15) is 0 Å². The normalized spacial score (nSPS) is 16.2. The van der Waals surface area contributed by atoms with Crippen molar-refractivity contribution in [2.45, 2.75) is 17.7 Å². The summed E-state index contributed by atoms with van der Waals surface area (Å²) < 4.78 is 34.9. The molecular weight excluding hydrogens is 268 g/mol. The third kappa shape index (κ3) is 3.39. The molecule has 92 valence electrons. The van der Waals surface area contributed by atoms with Crippen LogP contribution in [0.1, 0.15) is 23.2 Å².